The molecule has 102 valence electrons. The summed E-state index contributed by atoms with van der Waals surface area (Å²) in [7, 11) is 0. The number of carbonyl (C=O) groups is 1. The van der Waals surface area contributed by atoms with Crippen molar-refractivity contribution in [1.29, 1.82) is 0 Å². The van der Waals surface area contributed by atoms with Gasteiger partial charge in [-0.05, 0) is 30.2 Å². The molecule has 0 bridgehead atoms. The number of hydrogen-bond acceptors (Lipinski definition) is 2. The van der Waals surface area contributed by atoms with E-state index in [1.165, 1.54) is 0 Å². The first-order valence-corrected chi connectivity index (χ1v) is 6.51. The van der Waals surface area contributed by atoms with Gasteiger partial charge in [-0.2, -0.15) is 0 Å². The second-order valence-corrected chi connectivity index (χ2v) is 5.44. The summed E-state index contributed by atoms with van der Waals surface area (Å²) in [5.41, 5.74) is 7.83. The summed E-state index contributed by atoms with van der Waals surface area (Å²) < 4.78 is 0. The zero-order chi connectivity index (χ0) is 14.5. The Bertz CT molecular complexity index is 516. The third-order valence-corrected chi connectivity index (χ3v) is 2.75. The number of anilines is 1. The zero-order valence-corrected chi connectivity index (χ0v) is 12.1. The van der Waals surface area contributed by atoms with Crippen molar-refractivity contribution in [2.75, 3.05) is 11.9 Å². The van der Waals surface area contributed by atoms with Gasteiger partial charge < -0.3 is 11.1 Å². The minimum Gasteiger partial charge on any atom is -0.325 e. The van der Waals surface area contributed by atoms with Gasteiger partial charge >= 0.3 is 0 Å². The SMILES string of the molecule is CCc1cc(C#CCN)ccc1NC(=O)C(C)(C)C. The summed E-state index contributed by atoms with van der Waals surface area (Å²) in [5, 5.41) is 2.97. The van der Waals surface area contributed by atoms with E-state index in [1.54, 1.807) is 0 Å². The summed E-state index contributed by atoms with van der Waals surface area (Å²) in [5.74, 6) is 5.85. The number of amides is 1. The van der Waals surface area contributed by atoms with Crippen LogP contribution in [0.3, 0.4) is 0 Å². The van der Waals surface area contributed by atoms with Crippen molar-refractivity contribution in [1.82, 2.24) is 0 Å². The van der Waals surface area contributed by atoms with E-state index in [0.29, 0.717) is 6.54 Å². The standard InChI is InChI=1S/C16H22N2O/c1-5-13-11-12(7-6-10-17)8-9-14(13)18-15(19)16(2,3)4/h8-9,11H,5,10,17H2,1-4H3,(H,18,19). The van der Waals surface area contributed by atoms with E-state index in [1.807, 2.05) is 39.0 Å². The second-order valence-electron chi connectivity index (χ2n) is 5.44. The molecule has 19 heavy (non-hydrogen) atoms. The maximum absolute atomic E-state index is 12.0. The molecule has 3 N–H and O–H groups in total. The molecule has 0 saturated carbocycles. The molecule has 1 rings (SSSR count). The minimum atomic E-state index is -0.400. The van der Waals surface area contributed by atoms with Crippen molar-refractivity contribution in [3.05, 3.63) is 29.3 Å². The van der Waals surface area contributed by atoms with Gasteiger partial charge in [-0.25, -0.2) is 0 Å². The first-order chi connectivity index (χ1) is 8.88. The Morgan fingerprint density at radius 3 is 2.58 bits per heavy atom. The Kier molecular flexibility index (Phi) is 5.14. The van der Waals surface area contributed by atoms with E-state index < -0.39 is 5.41 Å². The fraction of sp³-hybridized carbons (Fsp3) is 0.438. The van der Waals surface area contributed by atoms with Gasteiger partial charge in [0.2, 0.25) is 5.91 Å². The molecule has 1 aromatic rings. The molecule has 0 aliphatic carbocycles. The van der Waals surface area contributed by atoms with Crippen LogP contribution in [-0.2, 0) is 11.2 Å². The first-order valence-electron chi connectivity index (χ1n) is 6.51. The van der Waals surface area contributed by atoms with Gasteiger partial charge in [0.1, 0.15) is 0 Å². The highest BCUT2D eigenvalue weighted by atomic mass is 16.2. The minimum absolute atomic E-state index is 0.0167. The first kappa shape index (κ1) is 15.3. The van der Waals surface area contributed by atoms with Gasteiger partial charge in [-0.1, -0.05) is 39.5 Å². The molecule has 0 atom stereocenters. The third-order valence-electron chi connectivity index (χ3n) is 2.75. The van der Waals surface area contributed by atoms with E-state index in [-0.39, 0.29) is 5.91 Å². The number of nitrogens with two attached hydrogens (primary N) is 1. The summed E-state index contributed by atoms with van der Waals surface area (Å²) >= 11 is 0. The Labute approximate surface area is 115 Å². The largest absolute Gasteiger partial charge is 0.325 e. The van der Waals surface area contributed by atoms with Crippen LogP contribution in [-0.4, -0.2) is 12.5 Å². The molecule has 0 aromatic heterocycles. The third kappa shape index (κ3) is 4.42. The van der Waals surface area contributed by atoms with Gasteiger partial charge in [0, 0.05) is 16.7 Å². The Morgan fingerprint density at radius 1 is 1.37 bits per heavy atom. The maximum Gasteiger partial charge on any atom is 0.229 e. The average Bonchev–Trinajstić information content (AvgIpc) is 2.36. The monoisotopic (exact) mass is 258 g/mol. The fourth-order valence-corrected chi connectivity index (χ4v) is 1.55. The number of aryl methyl sites for hydroxylation is 1. The van der Waals surface area contributed by atoms with Gasteiger partial charge in [-0.15, -0.1) is 0 Å². The van der Waals surface area contributed by atoms with Crippen LogP contribution in [0.4, 0.5) is 5.69 Å². The molecule has 0 radical (unpaired) electrons. The van der Waals surface area contributed by atoms with E-state index in [4.69, 9.17) is 5.73 Å². The van der Waals surface area contributed by atoms with Crippen LogP contribution in [0.2, 0.25) is 0 Å². The molecule has 0 heterocycles. The summed E-state index contributed by atoms with van der Waals surface area (Å²) in [6, 6.07) is 5.81. The Hall–Kier alpha value is -1.79. The zero-order valence-electron chi connectivity index (χ0n) is 12.1. The molecule has 0 aliphatic rings. The number of benzene rings is 1. The Balaban J connectivity index is 3.00. The van der Waals surface area contributed by atoms with Gasteiger partial charge in [-0.3, -0.25) is 4.79 Å². The van der Waals surface area contributed by atoms with Crippen molar-refractivity contribution in [2.24, 2.45) is 11.1 Å². The van der Waals surface area contributed by atoms with Crippen molar-refractivity contribution in [3.63, 3.8) is 0 Å². The normalized spacial score (nSPS) is 10.6. The molecular formula is C16H22N2O. The Morgan fingerprint density at radius 2 is 2.05 bits per heavy atom. The van der Waals surface area contributed by atoms with Crippen LogP contribution >= 0.6 is 0 Å². The van der Waals surface area contributed by atoms with Crippen LogP contribution in [0.25, 0.3) is 0 Å². The van der Waals surface area contributed by atoms with Crippen LogP contribution in [0.1, 0.15) is 38.8 Å². The molecule has 3 nitrogen and oxygen atoms in total. The van der Waals surface area contributed by atoms with Crippen LogP contribution in [0.15, 0.2) is 18.2 Å². The lowest BCUT2D eigenvalue weighted by Gasteiger charge is -2.19. The van der Waals surface area contributed by atoms with Gasteiger partial charge in [0.05, 0.1) is 6.54 Å². The van der Waals surface area contributed by atoms with Crippen molar-refractivity contribution >= 4 is 11.6 Å². The summed E-state index contributed by atoms with van der Waals surface area (Å²) in [6.45, 7) is 8.10. The smallest absolute Gasteiger partial charge is 0.229 e. The molecule has 0 saturated heterocycles. The highest BCUT2D eigenvalue weighted by Gasteiger charge is 2.21. The van der Waals surface area contributed by atoms with E-state index >= 15 is 0 Å². The van der Waals surface area contributed by atoms with Gasteiger partial charge in [0.25, 0.3) is 0 Å². The van der Waals surface area contributed by atoms with Crippen molar-refractivity contribution in [2.45, 2.75) is 34.1 Å². The van der Waals surface area contributed by atoms with E-state index in [9.17, 15) is 4.79 Å². The molecule has 1 aromatic carbocycles. The summed E-state index contributed by atoms with van der Waals surface area (Å²) in [4.78, 5) is 12.0. The fourth-order valence-electron chi connectivity index (χ4n) is 1.55. The molecule has 3 heteroatoms. The molecule has 0 unspecified atom stereocenters. The predicted octanol–water partition coefficient (Wildman–Crippen LogP) is 2.54. The van der Waals surface area contributed by atoms with Crippen LogP contribution < -0.4 is 11.1 Å². The van der Waals surface area contributed by atoms with E-state index in [0.717, 1.165) is 23.2 Å². The lowest BCUT2D eigenvalue weighted by atomic mass is 9.95. The van der Waals surface area contributed by atoms with Gasteiger partial charge in [0.15, 0.2) is 0 Å². The predicted molar refractivity (Wildman–Crippen MR) is 79.8 cm³/mol. The topological polar surface area (TPSA) is 55.1 Å². The molecule has 0 aliphatic heterocycles. The van der Waals surface area contributed by atoms with Crippen molar-refractivity contribution < 1.29 is 4.79 Å². The van der Waals surface area contributed by atoms with Crippen molar-refractivity contribution in [3.8, 4) is 11.8 Å². The highest BCUT2D eigenvalue weighted by Crippen LogP contribution is 2.22. The number of nitrogens with one attached hydrogen (secondary N) is 1. The maximum atomic E-state index is 12.0. The van der Waals surface area contributed by atoms with Crippen LogP contribution in [0.5, 0.6) is 0 Å². The average molecular weight is 258 g/mol. The lowest BCUT2D eigenvalue weighted by Crippen LogP contribution is -2.28. The molecular weight excluding hydrogens is 236 g/mol. The number of rotatable bonds is 2. The van der Waals surface area contributed by atoms with Crippen LogP contribution in [0, 0.1) is 17.3 Å². The van der Waals surface area contributed by atoms with E-state index in [2.05, 4.69) is 24.1 Å². The quantitative estimate of drug-likeness (QED) is 0.801. The lowest BCUT2D eigenvalue weighted by molar-refractivity contribution is -0.123. The molecule has 0 fully saturated rings. The molecule has 0 spiro atoms. The second kappa shape index (κ2) is 6.40. The molecule has 1 amide bonds. The number of carbonyl (C=O) groups excluding carboxylic acids is 1. The summed E-state index contributed by atoms with van der Waals surface area (Å²) in [6.07, 6.45) is 0.845. The number of hydrogen-bond donors (Lipinski definition) is 2. The highest BCUT2D eigenvalue weighted by molar-refractivity contribution is 5.95.